The average molecular weight is 468 g/mol. The zero-order valence-corrected chi connectivity index (χ0v) is 17.2. The second-order valence-corrected chi connectivity index (χ2v) is 6.13. The molecule has 1 aliphatic carbocycles. The summed E-state index contributed by atoms with van der Waals surface area (Å²) < 4.78 is 11.0. The summed E-state index contributed by atoms with van der Waals surface area (Å²) in [6, 6.07) is 5.39. The molecule has 0 radical (unpaired) electrons. The Morgan fingerprint density at radius 2 is 2.08 bits per heavy atom. The van der Waals surface area contributed by atoms with Gasteiger partial charge in [-0.3, -0.25) is 4.99 Å². The molecule has 3 N–H and O–H groups in total. The van der Waals surface area contributed by atoms with Gasteiger partial charge in [-0.25, -0.2) is 0 Å². The molecule has 136 valence electrons. The highest BCUT2D eigenvalue weighted by molar-refractivity contribution is 14.0. The molecular weight excluding hydrogens is 441 g/mol. The maximum atomic E-state index is 6.07. The highest BCUT2D eigenvalue weighted by Crippen LogP contribution is 2.27. The van der Waals surface area contributed by atoms with Gasteiger partial charge in [-0.15, -0.1) is 24.0 Å². The van der Waals surface area contributed by atoms with Crippen LogP contribution in [0.1, 0.15) is 38.5 Å². The van der Waals surface area contributed by atoms with Crippen LogP contribution in [0.2, 0.25) is 5.02 Å². The molecule has 1 fully saturated rings. The third kappa shape index (κ3) is 7.44. The number of anilines is 1. The van der Waals surface area contributed by atoms with E-state index in [-0.39, 0.29) is 24.0 Å². The van der Waals surface area contributed by atoms with E-state index in [4.69, 9.17) is 26.8 Å². The number of nitrogens with two attached hydrogens (primary N) is 1. The van der Waals surface area contributed by atoms with Gasteiger partial charge < -0.3 is 20.5 Å². The van der Waals surface area contributed by atoms with E-state index >= 15 is 0 Å². The Bertz CT molecular complexity index is 523. The quantitative estimate of drug-likeness (QED) is 0.269. The van der Waals surface area contributed by atoms with Gasteiger partial charge in [0.1, 0.15) is 5.75 Å². The van der Waals surface area contributed by atoms with Crippen LogP contribution in [0.15, 0.2) is 23.2 Å². The number of guanidine groups is 1. The standard InChI is InChI=1S/C17H26ClN3O2.HI/c1-22-16-9-8-13(12-15(16)18)21-17(19)20-10-5-11-23-14-6-3-2-4-7-14;/h8-9,12,14H,2-7,10-11H2,1H3,(H3,19,20,21);1H. The zero-order valence-electron chi connectivity index (χ0n) is 14.1. The van der Waals surface area contributed by atoms with Crippen LogP contribution in [-0.4, -0.2) is 32.3 Å². The Labute approximate surface area is 166 Å². The summed E-state index contributed by atoms with van der Waals surface area (Å²) in [7, 11) is 1.58. The van der Waals surface area contributed by atoms with E-state index in [0.717, 1.165) is 18.7 Å². The first-order valence-corrected chi connectivity index (χ1v) is 8.59. The molecule has 0 aliphatic heterocycles. The number of hydrogen-bond donors (Lipinski definition) is 2. The fraction of sp³-hybridized carbons (Fsp3) is 0.588. The van der Waals surface area contributed by atoms with Crippen molar-refractivity contribution in [3.05, 3.63) is 23.2 Å². The van der Waals surface area contributed by atoms with Crippen LogP contribution in [0.5, 0.6) is 5.75 Å². The molecule has 0 saturated heterocycles. The van der Waals surface area contributed by atoms with Crippen LogP contribution in [0.4, 0.5) is 5.69 Å². The second-order valence-electron chi connectivity index (χ2n) is 5.73. The first kappa shape index (κ1) is 21.3. The molecule has 1 aromatic rings. The number of nitrogens with one attached hydrogen (secondary N) is 1. The van der Waals surface area contributed by atoms with E-state index in [2.05, 4.69) is 10.3 Å². The van der Waals surface area contributed by atoms with Crippen LogP contribution >= 0.6 is 35.6 Å². The lowest BCUT2D eigenvalue weighted by atomic mass is 9.98. The largest absolute Gasteiger partial charge is 0.495 e. The highest BCUT2D eigenvalue weighted by Gasteiger charge is 2.12. The molecule has 5 nitrogen and oxygen atoms in total. The SMILES string of the molecule is COc1ccc(NC(N)=NCCCOC2CCCCC2)cc1Cl.I. The lowest BCUT2D eigenvalue weighted by molar-refractivity contribution is 0.0281. The average Bonchev–Trinajstić information content (AvgIpc) is 2.56. The lowest BCUT2D eigenvalue weighted by Gasteiger charge is -2.21. The zero-order chi connectivity index (χ0) is 16.5. The van der Waals surface area contributed by atoms with Crippen LogP contribution in [0.25, 0.3) is 0 Å². The molecular formula is C17H27ClIN3O2. The van der Waals surface area contributed by atoms with Gasteiger partial charge in [0.25, 0.3) is 0 Å². The van der Waals surface area contributed by atoms with E-state index in [1.807, 2.05) is 6.07 Å². The maximum Gasteiger partial charge on any atom is 0.193 e. The van der Waals surface area contributed by atoms with Crippen molar-refractivity contribution in [2.24, 2.45) is 10.7 Å². The van der Waals surface area contributed by atoms with Gasteiger partial charge in [0.2, 0.25) is 0 Å². The van der Waals surface area contributed by atoms with Crippen molar-refractivity contribution < 1.29 is 9.47 Å². The Balaban J connectivity index is 0.00000288. The summed E-state index contributed by atoms with van der Waals surface area (Å²) in [5, 5.41) is 3.55. The Hall–Kier alpha value is -0.730. The van der Waals surface area contributed by atoms with Gasteiger partial charge in [-0.1, -0.05) is 30.9 Å². The van der Waals surface area contributed by atoms with Crippen LogP contribution in [0, 0.1) is 0 Å². The second kappa shape index (κ2) is 11.8. The summed E-state index contributed by atoms with van der Waals surface area (Å²) in [6.45, 7) is 1.39. The summed E-state index contributed by atoms with van der Waals surface area (Å²) in [5.74, 6) is 1.01. The molecule has 0 unspecified atom stereocenters. The third-order valence-electron chi connectivity index (χ3n) is 3.91. The molecule has 0 amide bonds. The fourth-order valence-electron chi connectivity index (χ4n) is 2.68. The van der Waals surface area contributed by atoms with E-state index < -0.39 is 0 Å². The summed E-state index contributed by atoms with van der Waals surface area (Å²) in [6.07, 6.45) is 7.67. The van der Waals surface area contributed by atoms with Crippen molar-refractivity contribution in [1.29, 1.82) is 0 Å². The third-order valence-corrected chi connectivity index (χ3v) is 4.21. The molecule has 0 atom stereocenters. The van der Waals surface area contributed by atoms with Gasteiger partial charge in [0, 0.05) is 18.8 Å². The number of nitrogens with zero attached hydrogens (tertiary/aromatic N) is 1. The van der Waals surface area contributed by atoms with Gasteiger partial charge >= 0.3 is 0 Å². The van der Waals surface area contributed by atoms with Gasteiger partial charge in [0.05, 0.1) is 18.2 Å². The Morgan fingerprint density at radius 1 is 1.33 bits per heavy atom. The van der Waals surface area contributed by atoms with E-state index in [9.17, 15) is 0 Å². The maximum absolute atomic E-state index is 6.07. The first-order valence-electron chi connectivity index (χ1n) is 8.21. The number of methoxy groups -OCH3 is 1. The summed E-state index contributed by atoms with van der Waals surface area (Å²) in [5.41, 5.74) is 6.66. The van der Waals surface area contributed by atoms with Crippen LogP contribution in [-0.2, 0) is 4.74 Å². The van der Waals surface area contributed by atoms with Crippen molar-refractivity contribution in [3.63, 3.8) is 0 Å². The molecule has 0 spiro atoms. The molecule has 0 aromatic heterocycles. The molecule has 2 rings (SSSR count). The Kier molecular flexibility index (Phi) is 10.4. The Morgan fingerprint density at radius 3 is 2.75 bits per heavy atom. The van der Waals surface area contributed by atoms with Crippen LogP contribution < -0.4 is 15.8 Å². The lowest BCUT2D eigenvalue weighted by Crippen LogP contribution is -2.23. The van der Waals surface area contributed by atoms with Gasteiger partial charge in [-0.2, -0.15) is 0 Å². The van der Waals surface area contributed by atoms with Crippen molar-refractivity contribution in [2.45, 2.75) is 44.6 Å². The predicted molar refractivity (Wildman–Crippen MR) is 111 cm³/mol. The number of halogens is 2. The molecule has 7 heteroatoms. The number of benzene rings is 1. The monoisotopic (exact) mass is 467 g/mol. The minimum Gasteiger partial charge on any atom is -0.495 e. The fourth-order valence-corrected chi connectivity index (χ4v) is 2.94. The first-order chi connectivity index (χ1) is 11.2. The normalized spacial score (nSPS) is 15.7. The van der Waals surface area contributed by atoms with Gasteiger partial charge in [-0.05, 0) is 37.5 Å². The number of hydrogen-bond acceptors (Lipinski definition) is 3. The van der Waals surface area contributed by atoms with E-state index in [1.165, 1.54) is 32.1 Å². The minimum atomic E-state index is 0. The molecule has 1 aromatic carbocycles. The number of ether oxygens (including phenoxy) is 2. The smallest absolute Gasteiger partial charge is 0.193 e. The molecule has 1 aliphatic rings. The number of aliphatic imine (C=N–C) groups is 1. The molecule has 0 bridgehead atoms. The molecule has 0 heterocycles. The van der Waals surface area contributed by atoms with E-state index in [0.29, 0.717) is 29.4 Å². The minimum absolute atomic E-state index is 0. The predicted octanol–water partition coefficient (Wildman–Crippen LogP) is 4.43. The van der Waals surface area contributed by atoms with Gasteiger partial charge in [0.15, 0.2) is 5.96 Å². The molecule has 24 heavy (non-hydrogen) atoms. The van der Waals surface area contributed by atoms with Crippen molar-refractivity contribution >= 4 is 47.2 Å². The summed E-state index contributed by atoms with van der Waals surface area (Å²) >= 11 is 6.07. The van der Waals surface area contributed by atoms with E-state index in [1.54, 1.807) is 19.2 Å². The van der Waals surface area contributed by atoms with Crippen molar-refractivity contribution in [3.8, 4) is 5.75 Å². The van der Waals surface area contributed by atoms with Crippen molar-refractivity contribution in [2.75, 3.05) is 25.6 Å². The highest BCUT2D eigenvalue weighted by atomic mass is 127. The summed E-state index contributed by atoms with van der Waals surface area (Å²) in [4.78, 5) is 4.30. The number of rotatable bonds is 7. The topological polar surface area (TPSA) is 68.9 Å². The van der Waals surface area contributed by atoms with Crippen molar-refractivity contribution in [1.82, 2.24) is 0 Å². The molecule has 1 saturated carbocycles. The van der Waals surface area contributed by atoms with Crippen LogP contribution in [0.3, 0.4) is 0 Å².